The number of ether oxygens (including phenoxy) is 1. The molecule has 2 saturated heterocycles. The van der Waals surface area contributed by atoms with Gasteiger partial charge in [-0.2, -0.15) is 0 Å². The summed E-state index contributed by atoms with van der Waals surface area (Å²) < 4.78 is 56.4. The SMILES string of the molecule is O=C(c1ccc(OC(F)(F)F)cc1)N1CCC(c2c(F)cnc3[nH]c4c(c23)[C@@H]2CNC[C@@H]2CC4)CC1. The number of alkyl halides is 3. The van der Waals surface area contributed by atoms with Crippen molar-refractivity contribution in [2.45, 2.75) is 43.9 Å². The van der Waals surface area contributed by atoms with E-state index in [-0.39, 0.29) is 23.4 Å². The zero-order chi connectivity index (χ0) is 25.0. The lowest BCUT2D eigenvalue weighted by atomic mass is 9.77. The molecule has 3 aromatic rings. The first-order valence-electron chi connectivity index (χ1n) is 12.3. The lowest BCUT2D eigenvalue weighted by molar-refractivity contribution is -0.274. The first-order chi connectivity index (χ1) is 17.3. The average molecular weight is 503 g/mol. The first-order valence-corrected chi connectivity index (χ1v) is 12.3. The Bertz CT molecular complexity index is 1300. The average Bonchev–Trinajstić information content (AvgIpc) is 3.47. The molecule has 36 heavy (non-hydrogen) atoms. The summed E-state index contributed by atoms with van der Waals surface area (Å²) in [6.45, 7) is 2.75. The molecule has 190 valence electrons. The van der Waals surface area contributed by atoms with E-state index in [1.54, 1.807) is 4.90 Å². The van der Waals surface area contributed by atoms with E-state index in [0.717, 1.165) is 49.1 Å². The molecule has 2 atom stereocenters. The second-order valence-corrected chi connectivity index (χ2v) is 9.96. The number of benzene rings is 1. The van der Waals surface area contributed by atoms with Gasteiger partial charge in [0.05, 0.1) is 6.20 Å². The first kappa shape index (κ1) is 23.3. The van der Waals surface area contributed by atoms with Crippen LogP contribution in [0.2, 0.25) is 0 Å². The van der Waals surface area contributed by atoms with Gasteiger partial charge in [-0.05, 0) is 73.9 Å². The number of aromatic nitrogens is 2. The third-order valence-corrected chi connectivity index (χ3v) is 7.94. The molecule has 2 fully saturated rings. The number of H-pyrrole nitrogens is 1. The summed E-state index contributed by atoms with van der Waals surface area (Å²) in [5.41, 5.74) is 4.11. The normalized spacial score (nSPS) is 22.5. The zero-order valence-corrected chi connectivity index (χ0v) is 19.5. The third-order valence-electron chi connectivity index (χ3n) is 7.94. The number of hydrogen-bond donors (Lipinski definition) is 2. The highest BCUT2D eigenvalue weighted by Gasteiger charge is 2.38. The van der Waals surface area contributed by atoms with Gasteiger partial charge in [0, 0.05) is 47.8 Å². The highest BCUT2D eigenvalue weighted by atomic mass is 19.4. The summed E-state index contributed by atoms with van der Waals surface area (Å²) in [6, 6.07) is 4.94. The molecule has 1 aliphatic carbocycles. The topological polar surface area (TPSA) is 70.2 Å². The van der Waals surface area contributed by atoms with Crippen molar-refractivity contribution >= 4 is 16.9 Å². The molecule has 4 heterocycles. The Morgan fingerprint density at radius 3 is 2.53 bits per heavy atom. The second kappa shape index (κ2) is 8.76. The number of nitrogens with zero attached hydrogens (tertiary/aromatic N) is 2. The van der Waals surface area contributed by atoms with Gasteiger partial charge >= 0.3 is 6.36 Å². The Hall–Kier alpha value is -3.14. The van der Waals surface area contributed by atoms with E-state index >= 15 is 4.39 Å². The van der Waals surface area contributed by atoms with Gasteiger partial charge in [0.1, 0.15) is 17.2 Å². The smallest absolute Gasteiger partial charge is 0.406 e. The summed E-state index contributed by atoms with van der Waals surface area (Å²) in [5.74, 6) is -0.0642. The lowest BCUT2D eigenvalue weighted by Gasteiger charge is -2.33. The van der Waals surface area contributed by atoms with Crippen LogP contribution >= 0.6 is 0 Å². The molecule has 6 rings (SSSR count). The monoisotopic (exact) mass is 502 g/mol. The minimum Gasteiger partial charge on any atom is -0.406 e. The van der Waals surface area contributed by atoms with Gasteiger partial charge in [0.2, 0.25) is 0 Å². The van der Waals surface area contributed by atoms with Crippen LogP contribution in [0.15, 0.2) is 30.5 Å². The summed E-state index contributed by atoms with van der Waals surface area (Å²) in [7, 11) is 0. The van der Waals surface area contributed by atoms with E-state index in [2.05, 4.69) is 20.0 Å². The van der Waals surface area contributed by atoms with E-state index in [1.807, 2.05) is 0 Å². The van der Waals surface area contributed by atoms with E-state index < -0.39 is 6.36 Å². The fraction of sp³-hybridized carbons (Fsp3) is 0.462. The van der Waals surface area contributed by atoms with E-state index in [0.29, 0.717) is 48.9 Å². The summed E-state index contributed by atoms with van der Waals surface area (Å²) in [5, 5.41) is 4.41. The van der Waals surface area contributed by atoms with Gasteiger partial charge in [0.15, 0.2) is 0 Å². The number of carbonyl (C=O) groups is 1. The van der Waals surface area contributed by atoms with Gasteiger partial charge in [0.25, 0.3) is 5.91 Å². The van der Waals surface area contributed by atoms with Crippen LogP contribution in [0.3, 0.4) is 0 Å². The van der Waals surface area contributed by atoms with Crippen molar-refractivity contribution in [3.63, 3.8) is 0 Å². The van der Waals surface area contributed by atoms with Crippen LogP contribution in [0.5, 0.6) is 5.75 Å². The third kappa shape index (κ3) is 4.11. The van der Waals surface area contributed by atoms with Crippen LogP contribution < -0.4 is 10.1 Å². The number of nitrogens with one attached hydrogen (secondary N) is 2. The van der Waals surface area contributed by atoms with Crippen LogP contribution in [0.1, 0.15) is 58.3 Å². The number of hydrogen-bond acceptors (Lipinski definition) is 4. The van der Waals surface area contributed by atoms with E-state index in [1.165, 1.54) is 29.6 Å². The quantitative estimate of drug-likeness (QED) is 0.502. The van der Waals surface area contributed by atoms with Gasteiger partial charge in [-0.3, -0.25) is 4.79 Å². The Morgan fingerprint density at radius 1 is 1.06 bits per heavy atom. The van der Waals surface area contributed by atoms with Crippen LogP contribution in [-0.2, 0) is 6.42 Å². The van der Waals surface area contributed by atoms with Crippen molar-refractivity contribution in [1.29, 1.82) is 0 Å². The Morgan fingerprint density at radius 2 is 1.81 bits per heavy atom. The highest BCUT2D eigenvalue weighted by Crippen LogP contribution is 2.45. The van der Waals surface area contributed by atoms with Gasteiger partial charge in [-0.15, -0.1) is 13.2 Å². The molecule has 0 unspecified atom stereocenters. The maximum atomic E-state index is 15.3. The molecular weight excluding hydrogens is 476 g/mol. The molecular formula is C26H26F4N4O2. The number of likely N-dealkylation sites (tertiary alicyclic amines) is 1. The largest absolute Gasteiger partial charge is 0.573 e. The molecule has 6 nitrogen and oxygen atoms in total. The van der Waals surface area contributed by atoms with Crippen LogP contribution in [-0.4, -0.2) is 53.3 Å². The minimum atomic E-state index is -4.78. The van der Waals surface area contributed by atoms with E-state index in [9.17, 15) is 18.0 Å². The molecule has 10 heteroatoms. The van der Waals surface area contributed by atoms with Crippen molar-refractivity contribution in [2.75, 3.05) is 26.2 Å². The van der Waals surface area contributed by atoms with Crippen molar-refractivity contribution in [1.82, 2.24) is 20.2 Å². The van der Waals surface area contributed by atoms with Crippen molar-refractivity contribution in [3.05, 3.63) is 58.7 Å². The minimum absolute atomic E-state index is 0.0447. The number of aromatic amines is 1. The molecule has 0 radical (unpaired) electrons. The molecule has 0 bridgehead atoms. The van der Waals surface area contributed by atoms with E-state index in [4.69, 9.17) is 0 Å². The predicted octanol–water partition coefficient (Wildman–Crippen LogP) is 4.87. The molecule has 1 amide bonds. The number of rotatable bonds is 3. The fourth-order valence-corrected chi connectivity index (χ4v) is 6.29. The standard InChI is InChI=1S/C26H26F4N4O2/c27-19-13-32-24-23(22-18-12-31-11-16(18)3-6-20(22)33-24)21(19)14-7-9-34(10-8-14)25(35)15-1-4-17(5-2-15)36-26(28,29)30/h1-2,4-5,13-14,16,18,31H,3,6-12H2,(H,32,33)/t16-,18+/m0/s1. The molecule has 2 aromatic heterocycles. The maximum Gasteiger partial charge on any atom is 0.573 e. The lowest BCUT2D eigenvalue weighted by Crippen LogP contribution is -2.38. The van der Waals surface area contributed by atoms with Gasteiger partial charge in [-0.1, -0.05) is 0 Å². The molecule has 3 aliphatic rings. The zero-order valence-electron chi connectivity index (χ0n) is 19.5. The molecule has 0 spiro atoms. The Balaban J connectivity index is 1.22. The molecule has 0 saturated carbocycles. The summed E-state index contributed by atoms with van der Waals surface area (Å²) in [6.07, 6.45) is -0.234. The van der Waals surface area contributed by atoms with Crippen LogP contribution in [0.25, 0.3) is 11.0 Å². The maximum absolute atomic E-state index is 15.3. The number of amides is 1. The van der Waals surface area contributed by atoms with Crippen LogP contribution in [0, 0.1) is 11.7 Å². The Kier molecular flexibility index (Phi) is 5.66. The number of carbonyl (C=O) groups excluding carboxylic acids is 1. The van der Waals surface area contributed by atoms with Gasteiger partial charge in [-0.25, -0.2) is 9.37 Å². The highest BCUT2D eigenvalue weighted by molar-refractivity contribution is 5.94. The van der Waals surface area contributed by atoms with Crippen molar-refractivity contribution in [2.24, 2.45) is 5.92 Å². The second-order valence-electron chi connectivity index (χ2n) is 9.96. The molecule has 1 aromatic carbocycles. The van der Waals surface area contributed by atoms with Gasteiger partial charge < -0.3 is 19.9 Å². The van der Waals surface area contributed by atoms with Crippen molar-refractivity contribution < 1.29 is 27.1 Å². The number of piperidine rings is 1. The summed E-state index contributed by atoms with van der Waals surface area (Å²) in [4.78, 5) is 22.5. The number of fused-ring (bicyclic) bond motifs is 5. The molecule has 2 N–H and O–H groups in total. The molecule has 2 aliphatic heterocycles. The fourth-order valence-electron chi connectivity index (χ4n) is 6.29. The van der Waals surface area contributed by atoms with Crippen LogP contribution in [0.4, 0.5) is 17.6 Å². The number of halogens is 4. The number of aryl methyl sites for hydroxylation is 1. The summed E-state index contributed by atoms with van der Waals surface area (Å²) >= 11 is 0. The van der Waals surface area contributed by atoms with Crippen molar-refractivity contribution in [3.8, 4) is 5.75 Å². The predicted molar refractivity (Wildman–Crippen MR) is 124 cm³/mol. The Labute approximate surface area is 205 Å². The number of pyridine rings is 1.